The monoisotopic (exact) mass is 277 g/mol. The summed E-state index contributed by atoms with van der Waals surface area (Å²) in [7, 11) is 0. The Bertz CT molecular complexity index is 431. The highest BCUT2D eigenvalue weighted by molar-refractivity contribution is 5.96. The molecule has 1 aromatic carbocycles. The summed E-state index contributed by atoms with van der Waals surface area (Å²) in [4.78, 5) is 12.2. The highest BCUT2D eigenvalue weighted by Crippen LogP contribution is 2.18. The van der Waals surface area contributed by atoms with Crippen molar-refractivity contribution in [2.45, 2.75) is 19.8 Å². The van der Waals surface area contributed by atoms with Gasteiger partial charge in [-0.25, -0.2) is 0 Å². The molecule has 1 aromatic rings. The van der Waals surface area contributed by atoms with Gasteiger partial charge in [0.2, 0.25) is 0 Å². The highest BCUT2D eigenvalue weighted by Gasteiger charge is 2.13. The van der Waals surface area contributed by atoms with Crippen LogP contribution in [0.25, 0.3) is 0 Å². The van der Waals surface area contributed by atoms with Crippen LogP contribution in [0.4, 0.5) is 0 Å². The number of rotatable bonds is 9. The van der Waals surface area contributed by atoms with Crippen LogP contribution in [-0.2, 0) is 0 Å². The van der Waals surface area contributed by atoms with Crippen LogP contribution >= 0.6 is 0 Å². The van der Waals surface area contributed by atoms with E-state index in [1.807, 2.05) is 13.0 Å². The topological polar surface area (TPSA) is 58.6 Å². The van der Waals surface area contributed by atoms with Crippen molar-refractivity contribution in [3.05, 3.63) is 42.5 Å². The second-order valence-electron chi connectivity index (χ2n) is 4.59. The Hall–Kier alpha value is -1.81. The molecule has 2 N–H and O–H groups in total. The second kappa shape index (κ2) is 9.15. The van der Waals surface area contributed by atoms with Crippen molar-refractivity contribution in [2.24, 2.45) is 5.92 Å². The number of carbonyl (C=O) groups is 1. The van der Waals surface area contributed by atoms with Gasteiger partial charge in [-0.05, 0) is 24.5 Å². The van der Waals surface area contributed by atoms with E-state index in [-0.39, 0.29) is 12.5 Å². The number of hydrogen-bond acceptors (Lipinski definition) is 3. The Labute approximate surface area is 120 Å². The Morgan fingerprint density at radius 1 is 1.50 bits per heavy atom. The van der Waals surface area contributed by atoms with Gasteiger partial charge in [0, 0.05) is 13.2 Å². The first-order valence-corrected chi connectivity index (χ1v) is 6.94. The molecule has 0 aliphatic rings. The van der Waals surface area contributed by atoms with Gasteiger partial charge >= 0.3 is 0 Å². The number of hydrogen-bond donors (Lipinski definition) is 2. The fraction of sp³-hybridized carbons (Fsp3) is 0.438. The van der Waals surface area contributed by atoms with Crippen LogP contribution in [0.3, 0.4) is 0 Å². The van der Waals surface area contributed by atoms with E-state index in [0.717, 1.165) is 6.42 Å². The maximum Gasteiger partial charge on any atom is 0.255 e. The first-order chi connectivity index (χ1) is 9.72. The first-order valence-electron chi connectivity index (χ1n) is 6.94. The molecule has 0 saturated carbocycles. The van der Waals surface area contributed by atoms with Gasteiger partial charge in [-0.3, -0.25) is 4.79 Å². The van der Waals surface area contributed by atoms with E-state index in [1.165, 1.54) is 0 Å². The summed E-state index contributed by atoms with van der Waals surface area (Å²) in [6.07, 6.45) is 3.27. The number of aliphatic hydroxyl groups excluding tert-OH is 1. The number of para-hydroxylation sites is 1. The van der Waals surface area contributed by atoms with Gasteiger partial charge in [-0.2, -0.15) is 0 Å². The minimum atomic E-state index is -0.152. The molecule has 4 nitrogen and oxygen atoms in total. The number of ether oxygens (including phenoxy) is 1. The van der Waals surface area contributed by atoms with Crippen molar-refractivity contribution in [3.63, 3.8) is 0 Å². The van der Waals surface area contributed by atoms with E-state index in [9.17, 15) is 4.79 Å². The summed E-state index contributed by atoms with van der Waals surface area (Å²) in [5.41, 5.74) is 0.521. The zero-order valence-electron chi connectivity index (χ0n) is 12.0. The van der Waals surface area contributed by atoms with Crippen LogP contribution in [0.15, 0.2) is 36.9 Å². The van der Waals surface area contributed by atoms with E-state index in [0.29, 0.717) is 36.8 Å². The lowest BCUT2D eigenvalue weighted by Crippen LogP contribution is -2.29. The number of benzene rings is 1. The maximum atomic E-state index is 12.2. The highest BCUT2D eigenvalue weighted by atomic mass is 16.5. The average molecular weight is 277 g/mol. The number of carbonyl (C=O) groups excluding carboxylic acids is 1. The molecule has 110 valence electrons. The summed E-state index contributed by atoms with van der Waals surface area (Å²) in [5.74, 6) is 0.700. The molecule has 0 aromatic heterocycles. The molecule has 4 heteroatoms. The fourth-order valence-corrected chi connectivity index (χ4v) is 1.89. The third kappa shape index (κ3) is 5.05. The second-order valence-corrected chi connectivity index (χ2v) is 4.59. The molecule has 0 fully saturated rings. The minimum absolute atomic E-state index is 0.146. The minimum Gasteiger partial charge on any atom is -0.489 e. The summed E-state index contributed by atoms with van der Waals surface area (Å²) in [6.45, 7) is 6.72. The largest absolute Gasteiger partial charge is 0.489 e. The summed E-state index contributed by atoms with van der Waals surface area (Å²) < 4.78 is 5.47. The van der Waals surface area contributed by atoms with Crippen molar-refractivity contribution >= 4 is 5.91 Å². The van der Waals surface area contributed by atoms with Crippen LogP contribution in [0.5, 0.6) is 5.75 Å². The average Bonchev–Trinajstić information content (AvgIpc) is 2.49. The van der Waals surface area contributed by atoms with E-state index < -0.39 is 0 Å². The molecule has 0 aliphatic carbocycles. The molecule has 0 bridgehead atoms. The van der Waals surface area contributed by atoms with Crippen LogP contribution in [-0.4, -0.2) is 30.8 Å². The normalized spacial score (nSPS) is 11.7. The summed E-state index contributed by atoms with van der Waals surface area (Å²) in [6, 6.07) is 7.14. The first kappa shape index (κ1) is 16.2. The molecule has 1 atom stereocenters. The lowest BCUT2D eigenvalue weighted by Gasteiger charge is -2.15. The predicted molar refractivity (Wildman–Crippen MR) is 80.0 cm³/mol. The molecule has 0 spiro atoms. The third-order valence-corrected chi connectivity index (χ3v) is 3.15. The summed E-state index contributed by atoms with van der Waals surface area (Å²) >= 11 is 0. The van der Waals surface area contributed by atoms with Gasteiger partial charge in [0.25, 0.3) is 5.91 Å². The van der Waals surface area contributed by atoms with Crippen molar-refractivity contribution in [2.75, 3.05) is 19.8 Å². The Morgan fingerprint density at radius 2 is 2.25 bits per heavy atom. The van der Waals surface area contributed by atoms with Gasteiger partial charge in [-0.15, -0.1) is 0 Å². The van der Waals surface area contributed by atoms with Gasteiger partial charge in [-0.1, -0.05) is 38.1 Å². The molecule has 0 radical (unpaired) electrons. The van der Waals surface area contributed by atoms with E-state index in [1.54, 1.807) is 24.3 Å². The number of aliphatic hydroxyl groups is 1. The van der Waals surface area contributed by atoms with Crippen molar-refractivity contribution in [3.8, 4) is 5.75 Å². The molecule has 1 amide bonds. The molecule has 1 unspecified atom stereocenters. The summed E-state index contributed by atoms with van der Waals surface area (Å²) in [5, 5.41) is 11.8. The lowest BCUT2D eigenvalue weighted by molar-refractivity contribution is 0.0940. The van der Waals surface area contributed by atoms with Gasteiger partial charge in [0.05, 0.1) is 5.56 Å². The predicted octanol–water partition coefficient (Wildman–Crippen LogP) is 2.39. The quantitative estimate of drug-likeness (QED) is 0.681. The molecular weight excluding hydrogens is 254 g/mol. The zero-order valence-corrected chi connectivity index (χ0v) is 12.0. The molecule has 0 aliphatic heterocycles. The maximum absolute atomic E-state index is 12.2. The van der Waals surface area contributed by atoms with Crippen molar-refractivity contribution in [1.82, 2.24) is 5.32 Å². The Kier molecular flexibility index (Phi) is 7.43. The Morgan fingerprint density at radius 3 is 2.90 bits per heavy atom. The molecular formula is C16H23NO3. The fourth-order valence-electron chi connectivity index (χ4n) is 1.89. The van der Waals surface area contributed by atoms with Crippen molar-refractivity contribution in [1.29, 1.82) is 0 Å². The van der Waals surface area contributed by atoms with Gasteiger partial charge in [0.1, 0.15) is 12.4 Å². The molecule has 1 rings (SSSR count). The third-order valence-electron chi connectivity index (χ3n) is 3.15. The molecule has 20 heavy (non-hydrogen) atoms. The standard InChI is InChI=1S/C16H23NO3/c1-3-11-20-15-8-6-5-7-14(15)16(19)17-12-13(4-2)9-10-18/h3,5-8,13,18H,1,4,9-12H2,2H3,(H,17,19). The molecule has 0 saturated heterocycles. The molecule has 0 heterocycles. The van der Waals surface area contributed by atoms with Gasteiger partial charge in [0.15, 0.2) is 0 Å². The number of amides is 1. The van der Waals surface area contributed by atoms with Crippen LogP contribution in [0.1, 0.15) is 30.1 Å². The van der Waals surface area contributed by atoms with Crippen LogP contribution in [0.2, 0.25) is 0 Å². The smallest absolute Gasteiger partial charge is 0.255 e. The lowest BCUT2D eigenvalue weighted by atomic mass is 10.0. The van der Waals surface area contributed by atoms with E-state index >= 15 is 0 Å². The Balaban J connectivity index is 2.64. The zero-order chi connectivity index (χ0) is 14.8. The van der Waals surface area contributed by atoms with Gasteiger partial charge < -0.3 is 15.2 Å². The van der Waals surface area contributed by atoms with E-state index in [4.69, 9.17) is 9.84 Å². The van der Waals surface area contributed by atoms with Crippen LogP contribution < -0.4 is 10.1 Å². The SMILES string of the molecule is C=CCOc1ccccc1C(=O)NCC(CC)CCO. The number of nitrogens with one attached hydrogen (secondary N) is 1. The van der Waals surface area contributed by atoms with Crippen LogP contribution in [0, 0.1) is 5.92 Å². The van der Waals surface area contributed by atoms with Crippen molar-refractivity contribution < 1.29 is 14.6 Å². The van der Waals surface area contributed by atoms with E-state index in [2.05, 4.69) is 11.9 Å².